The van der Waals surface area contributed by atoms with Crippen LogP contribution in [0.2, 0.25) is 0 Å². The molecule has 0 bridgehead atoms. The van der Waals surface area contributed by atoms with E-state index in [2.05, 4.69) is 0 Å². The number of aryl methyl sites for hydroxylation is 1. The van der Waals surface area contributed by atoms with Crippen molar-refractivity contribution < 1.29 is 8.42 Å². The van der Waals surface area contributed by atoms with Gasteiger partial charge in [-0.2, -0.15) is 4.31 Å². The maximum Gasteiger partial charge on any atom is 0.252 e. The van der Waals surface area contributed by atoms with Gasteiger partial charge in [-0.3, -0.25) is 0 Å². The Bertz CT molecular complexity index is 531. The first-order chi connectivity index (χ1) is 9.00. The fourth-order valence-corrected chi connectivity index (χ4v) is 6.04. The molecule has 0 atom stereocenters. The molecule has 1 saturated carbocycles. The molecule has 0 saturated heterocycles. The number of rotatable bonds is 5. The Balaban J connectivity index is 2.33. The normalized spacial score (nSPS) is 17.5. The second kappa shape index (κ2) is 5.91. The van der Waals surface area contributed by atoms with E-state index in [1.54, 1.807) is 10.4 Å². The van der Waals surface area contributed by atoms with Crippen molar-refractivity contribution >= 4 is 21.4 Å². The minimum absolute atomic E-state index is 0.179. The molecule has 1 aliphatic carbocycles. The third-order valence-electron chi connectivity index (χ3n) is 3.79. The molecule has 6 heteroatoms. The maximum absolute atomic E-state index is 12.7. The SMILES string of the molecule is CCN(C1CCCC1)S(=O)(=O)c1cc(C)c(CN)s1. The van der Waals surface area contributed by atoms with Gasteiger partial charge in [-0.15, -0.1) is 11.3 Å². The minimum atomic E-state index is -3.35. The minimum Gasteiger partial charge on any atom is -0.326 e. The molecule has 0 aromatic carbocycles. The molecule has 19 heavy (non-hydrogen) atoms. The van der Waals surface area contributed by atoms with Crippen molar-refractivity contribution in [3.05, 3.63) is 16.5 Å². The summed E-state index contributed by atoms with van der Waals surface area (Å²) in [6.07, 6.45) is 4.24. The number of hydrogen-bond acceptors (Lipinski definition) is 4. The molecule has 0 aliphatic heterocycles. The molecule has 0 radical (unpaired) electrons. The molecule has 2 rings (SSSR count). The molecule has 0 spiro atoms. The molecule has 2 N–H and O–H groups in total. The predicted molar refractivity (Wildman–Crippen MR) is 78.8 cm³/mol. The van der Waals surface area contributed by atoms with E-state index in [4.69, 9.17) is 5.73 Å². The fraction of sp³-hybridized carbons (Fsp3) is 0.692. The Labute approximate surface area is 119 Å². The molecule has 1 heterocycles. The van der Waals surface area contributed by atoms with Crippen molar-refractivity contribution in [2.45, 2.75) is 56.3 Å². The van der Waals surface area contributed by atoms with Crippen LogP contribution in [0.15, 0.2) is 10.3 Å². The highest BCUT2D eigenvalue weighted by molar-refractivity contribution is 7.91. The zero-order valence-electron chi connectivity index (χ0n) is 11.6. The van der Waals surface area contributed by atoms with Crippen LogP contribution in [-0.2, 0) is 16.6 Å². The lowest BCUT2D eigenvalue weighted by Crippen LogP contribution is -2.38. The van der Waals surface area contributed by atoms with Crippen molar-refractivity contribution in [1.29, 1.82) is 0 Å². The van der Waals surface area contributed by atoms with Crippen LogP contribution in [0.1, 0.15) is 43.0 Å². The summed E-state index contributed by atoms with van der Waals surface area (Å²) >= 11 is 1.31. The number of nitrogens with zero attached hydrogens (tertiary/aromatic N) is 1. The Morgan fingerprint density at radius 1 is 1.42 bits per heavy atom. The Kier molecular flexibility index (Phi) is 4.66. The average Bonchev–Trinajstić information content (AvgIpc) is 2.99. The van der Waals surface area contributed by atoms with E-state index in [9.17, 15) is 8.42 Å². The van der Waals surface area contributed by atoms with Gasteiger partial charge in [0.2, 0.25) is 0 Å². The lowest BCUT2D eigenvalue weighted by atomic mass is 10.2. The first kappa shape index (κ1) is 15.0. The summed E-state index contributed by atoms with van der Waals surface area (Å²) < 4.78 is 27.6. The molecule has 0 amide bonds. The van der Waals surface area contributed by atoms with Crippen molar-refractivity contribution in [1.82, 2.24) is 4.31 Å². The van der Waals surface area contributed by atoms with Crippen molar-refractivity contribution in [2.24, 2.45) is 5.73 Å². The van der Waals surface area contributed by atoms with Crippen LogP contribution >= 0.6 is 11.3 Å². The summed E-state index contributed by atoms with van der Waals surface area (Å²) in [6, 6.07) is 1.94. The van der Waals surface area contributed by atoms with Gasteiger partial charge < -0.3 is 5.73 Å². The van der Waals surface area contributed by atoms with E-state index in [1.807, 2.05) is 13.8 Å². The van der Waals surface area contributed by atoms with Gasteiger partial charge in [0.1, 0.15) is 4.21 Å². The van der Waals surface area contributed by atoms with E-state index >= 15 is 0 Å². The van der Waals surface area contributed by atoms with E-state index in [-0.39, 0.29) is 6.04 Å². The van der Waals surface area contributed by atoms with E-state index < -0.39 is 10.0 Å². The third-order valence-corrected chi connectivity index (χ3v) is 7.53. The quantitative estimate of drug-likeness (QED) is 0.909. The summed E-state index contributed by atoms with van der Waals surface area (Å²) in [7, 11) is -3.35. The monoisotopic (exact) mass is 302 g/mol. The van der Waals surface area contributed by atoms with Gasteiger partial charge in [0.05, 0.1) is 0 Å². The summed E-state index contributed by atoms with van der Waals surface area (Å²) in [5, 5.41) is 0. The topological polar surface area (TPSA) is 63.4 Å². The second-order valence-corrected chi connectivity index (χ2v) is 8.28. The molecule has 108 valence electrons. The van der Waals surface area contributed by atoms with Gasteiger partial charge in [-0.1, -0.05) is 19.8 Å². The van der Waals surface area contributed by atoms with Crippen molar-refractivity contribution in [2.75, 3.05) is 6.54 Å². The first-order valence-corrected chi connectivity index (χ1v) is 9.07. The van der Waals surface area contributed by atoms with Crippen LogP contribution < -0.4 is 5.73 Å². The van der Waals surface area contributed by atoms with Gasteiger partial charge in [0.15, 0.2) is 0 Å². The number of sulfonamides is 1. The summed E-state index contributed by atoms with van der Waals surface area (Å²) in [6.45, 7) is 4.78. The smallest absolute Gasteiger partial charge is 0.252 e. The first-order valence-electron chi connectivity index (χ1n) is 6.82. The average molecular weight is 302 g/mol. The van der Waals surface area contributed by atoms with Crippen molar-refractivity contribution in [3.8, 4) is 0 Å². The summed E-state index contributed by atoms with van der Waals surface area (Å²) in [5.74, 6) is 0. The zero-order valence-corrected chi connectivity index (χ0v) is 13.2. The van der Waals surface area contributed by atoms with Gasteiger partial charge in [-0.25, -0.2) is 8.42 Å². The fourth-order valence-electron chi connectivity index (χ4n) is 2.75. The van der Waals surface area contributed by atoms with Crippen LogP contribution in [0.4, 0.5) is 0 Å². The molecular formula is C13H22N2O2S2. The molecule has 1 aromatic rings. The molecular weight excluding hydrogens is 280 g/mol. The Morgan fingerprint density at radius 3 is 2.53 bits per heavy atom. The summed E-state index contributed by atoms with van der Waals surface area (Å²) in [4.78, 5) is 0.959. The third kappa shape index (κ3) is 2.86. The van der Waals surface area contributed by atoms with Gasteiger partial charge >= 0.3 is 0 Å². The van der Waals surface area contributed by atoms with Crippen LogP contribution in [0.5, 0.6) is 0 Å². The summed E-state index contributed by atoms with van der Waals surface area (Å²) in [5.41, 5.74) is 6.62. The van der Waals surface area contributed by atoms with Crippen LogP contribution in [-0.4, -0.2) is 25.3 Å². The van der Waals surface area contributed by atoms with Gasteiger partial charge in [0, 0.05) is 24.0 Å². The standard InChI is InChI=1S/C13H22N2O2S2/c1-3-15(11-6-4-5-7-11)19(16,17)13-8-10(2)12(9-14)18-13/h8,11H,3-7,9,14H2,1-2H3. The Morgan fingerprint density at radius 2 is 2.05 bits per heavy atom. The van der Waals surface area contributed by atoms with E-state index in [0.29, 0.717) is 17.3 Å². The van der Waals surface area contributed by atoms with Crippen LogP contribution in [0.25, 0.3) is 0 Å². The molecule has 0 unspecified atom stereocenters. The molecule has 1 aliphatic rings. The largest absolute Gasteiger partial charge is 0.326 e. The highest BCUT2D eigenvalue weighted by atomic mass is 32.2. The second-order valence-electron chi connectivity index (χ2n) is 5.02. The Hall–Kier alpha value is -0.430. The van der Waals surface area contributed by atoms with Crippen LogP contribution in [0, 0.1) is 6.92 Å². The lowest BCUT2D eigenvalue weighted by Gasteiger charge is -2.25. The number of thiophene rings is 1. The number of nitrogens with two attached hydrogens (primary N) is 1. The van der Waals surface area contributed by atoms with Crippen molar-refractivity contribution in [3.63, 3.8) is 0 Å². The van der Waals surface area contributed by atoms with Gasteiger partial charge in [0.25, 0.3) is 10.0 Å². The molecule has 1 aromatic heterocycles. The maximum atomic E-state index is 12.7. The molecule has 4 nitrogen and oxygen atoms in total. The lowest BCUT2D eigenvalue weighted by molar-refractivity contribution is 0.336. The number of hydrogen-bond donors (Lipinski definition) is 1. The van der Waals surface area contributed by atoms with E-state index in [0.717, 1.165) is 36.1 Å². The zero-order chi connectivity index (χ0) is 14.0. The van der Waals surface area contributed by atoms with E-state index in [1.165, 1.54) is 11.3 Å². The highest BCUT2D eigenvalue weighted by Gasteiger charge is 2.33. The molecule has 1 fully saturated rings. The van der Waals surface area contributed by atoms with Gasteiger partial charge in [-0.05, 0) is 31.4 Å². The highest BCUT2D eigenvalue weighted by Crippen LogP contribution is 2.32. The predicted octanol–water partition coefficient (Wildman–Crippen LogP) is 2.47. The van der Waals surface area contributed by atoms with Crippen LogP contribution in [0.3, 0.4) is 0 Å².